The number of halogens is 1. The first-order chi connectivity index (χ1) is 10.1. The zero-order chi connectivity index (χ0) is 15.0. The molecule has 0 spiro atoms. The van der Waals surface area contributed by atoms with Crippen molar-refractivity contribution in [2.75, 3.05) is 11.9 Å². The van der Waals surface area contributed by atoms with Crippen molar-refractivity contribution in [1.29, 1.82) is 0 Å². The molecule has 2 heterocycles. The van der Waals surface area contributed by atoms with E-state index in [1.165, 1.54) is 0 Å². The van der Waals surface area contributed by atoms with Crippen molar-refractivity contribution in [3.05, 3.63) is 64.4 Å². The Morgan fingerprint density at radius 2 is 1.95 bits per heavy atom. The SMILES string of the molecule is Cc1ccc(C(=O)N(C)c2ccn3ncc(Br)c3c2)cc1. The van der Waals surface area contributed by atoms with Crippen molar-refractivity contribution in [1.82, 2.24) is 9.61 Å². The van der Waals surface area contributed by atoms with Gasteiger partial charge in [0.1, 0.15) is 0 Å². The maximum Gasteiger partial charge on any atom is 0.258 e. The van der Waals surface area contributed by atoms with Crippen LogP contribution < -0.4 is 4.90 Å². The van der Waals surface area contributed by atoms with E-state index in [-0.39, 0.29) is 5.91 Å². The summed E-state index contributed by atoms with van der Waals surface area (Å²) in [5.74, 6) is -0.0324. The van der Waals surface area contributed by atoms with Gasteiger partial charge in [0, 0.05) is 24.5 Å². The van der Waals surface area contributed by atoms with E-state index in [1.807, 2.05) is 49.5 Å². The fourth-order valence-electron chi connectivity index (χ4n) is 2.16. The molecule has 5 heteroatoms. The molecule has 106 valence electrons. The van der Waals surface area contributed by atoms with Crippen LogP contribution in [0.3, 0.4) is 0 Å². The Labute approximate surface area is 131 Å². The minimum atomic E-state index is -0.0324. The number of carbonyl (C=O) groups excluding carboxylic acids is 1. The van der Waals surface area contributed by atoms with Crippen LogP contribution in [0.4, 0.5) is 5.69 Å². The first-order valence-electron chi connectivity index (χ1n) is 6.54. The molecule has 0 unspecified atom stereocenters. The maximum absolute atomic E-state index is 12.5. The predicted molar refractivity (Wildman–Crippen MR) is 86.8 cm³/mol. The maximum atomic E-state index is 12.5. The second kappa shape index (κ2) is 5.33. The number of aromatic nitrogens is 2. The second-order valence-corrected chi connectivity index (χ2v) is 5.79. The first kappa shape index (κ1) is 13.8. The van der Waals surface area contributed by atoms with Gasteiger partial charge in [-0.05, 0) is 47.1 Å². The molecule has 0 saturated carbocycles. The van der Waals surface area contributed by atoms with Crippen molar-refractivity contribution in [3.8, 4) is 0 Å². The Bertz CT molecular complexity index is 808. The van der Waals surface area contributed by atoms with Crippen LogP contribution in [-0.2, 0) is 0 Å². The summed E-state index contributed by atoms with van der Waals surface area (Å²) in [5, 5.41) is 4.20. The van der Waals surface area contributed by atoms with E-state index in [2.05, 4.69) is 21.0 Å². The van der Waals surface area contributed by atoms with E-state index in [0.29, 0.717) is 5.56 Å². The molecule has 1 aromatic carbocycles. The van der Waals surface area contributed by atoms with Crippen LogP contribution in [0.5, 0.6) is 0 Å². The van der Waals surface area contributed by atoms with Crippen molar-refractivity contribution in [3.63, 3.8) is 0 Å². The van der Waals surface area contributed by atoms with Gasteiger partial charge in [-0.25, -0.2) is 4.52 Å². The molecule has 3 aromatic rings. The Hall–Kier alpha value is -2.14. The molecule has 4 nitrogen and oxygen atoms in total. The number of rotatable bonds is 2. The molecule has 0 fully saturated rings. The van der Waals surface area contributed by atoms with Crippen LogP contribution in [0.25, 0.3) is 5.52 Å². The third kappa shape index (κ3) is 2.56. The minimum Gasteiger partial charge on any atom is -0.311 e. The highest BCUT2D eigenvalue weighted by atomic mass is 79.9. The molecule has 21 heavy (non-hydrogen) atoms. The average molecular weight is 344 g/mol. The van der Waals surface area contributed by atoms with E-state index in [0.717, 1.165) is 21.2 Å². The number of anilines is 1. The Morgan fingerprint density at radius 1 is 1.24 bits per heavy atom. The molecule has 1 amide bonds. The molecule has 0 aliphatic carbocycles. The fraction of sp³-hybridized carbons (Fsp3) is 0.125. The smallest absolute Gasteiger partial charge is 0.258 e. The Kier molecular flexibility index (Phi) is 3.51. The summed E-state index contributed by atoms with van der Waals surface area (Å²) < 4.78 is 2.66. The number of amides is 1. The lowest BCUT2D eigenvalue weighted by molar-refractivity contribution is 0.0993. The van der Waals surface area contributed by atoms with E-state index < -0.39 is 0 Å². The monoisotopic (exact) mass is 343 g/mol. The van der Waals surface area contributed by atoms with Crippen LogP contribution in [-0.4, -0.2) is 22.6 Å². The zero-order valence-electron chi connectivity index (χ0n) is 11.7. The lowest BCUT2D eigenvalue weighted by Crippen LogP contribution is -2.26. The predicted octanol–water partition coefficient (Wildman–Crippen LogP) is 3.68. The number of fused-ring (bicyclic) bond motifs is 1. The van der Waals surface area contributed by atoms with Gasteiger partial charge in [0.25, 0.3) is 5.91 Å². The number of aryl methyl sites for hydroxylation is 1. The van der Waals surface area contributed by atoms with E-state index in [4.69, 9.17) is 0 Å². The largest absolute Gasteiger partial charge is 0.311 e. The molecule has 3 rings (SSSR count). The molecule has 0 bridgehead atoms. The first-order valence-corrected chi connectivity index (χ1v) is 7.33. The third-order valence-corrected chi connectivity index (χ3v) is 4.06. The van der Waals surface area contributed by atoms with Crippen LogP contribution >= 0.6 is 15.9 Å². The average Bonchev–Trinajstić information content (AvgIpc) is 2.87. The van der Waals surface area contributed by atoms with Crippen LogP contribution in [0, 0.1) is 6.92 Å². The van der Waals surface area contributed by atoms with Crippen molar-refractivity contribution in [2.45, 2.75) is 6.92 Å². The van der Waals surface area contributed by atoms with E-state index >= 15 is 0 Å². The summed E-state index contributed by atoms with van der Waals surface area (Å²) in [5.41, 5.74) is 3.57. The zero-order valence-corrected chi connectivity index (χ0v) is 13.3. The standard InChI is InChI=1S/C16H14BrN3O/c1-11-3-5-12(6-4-11)16(21)19(2)13-7-8-20-15(9-13)14(17)10-18-20/h3-10H,1-2H3. The van der Waals surface area contributed by atoms with Crippen molar-refractivity contribution < 1.29 is 4.79 Å². The number of nitrogens with zero attached hydrogens (tertiary/aromatic N) is 3. The molecule has 0 aliphatic rings. The number of benzene rings is 1. The normalized spacial score (nSPS) is 10.8. The topological polar surface area (TPSA) is 37.6 Å². The lowest BCUT2D eigenvalue weighted by Gasteiger charge is -2.17. The Morgan fingerprint density at radius 3 is 2.67 bits per heavy atom. The van der Waals surface area contributed by atoms with Gasteiger partial charge in [0.2, 0.25) is 0 Å². The molecule has 0 radical (unpaired) electrons. The van der Waals surface area contributed by atoms with E-state index in [1.54, 1.807) is 22.7 Å². The van der Waals surface area contributed by atoms with Gasteiger partial charge in [0.15, 0.2) is 0 Å². The molecule has 0 aliphatic heterocycles. The summed E-state index contributed by atoms with van der Waals surface area (Å²) in [6.45, 7) is 2.00. The molecule has 0 N–H and O–H groups in total. The van der Waals surface area contributed by atoms with Gasteiger partial charge in [-0.2, -0.15) is 5.10 Å². The lowest BCUT2D eigenvalue weighted by atomic mass is 10.1. The third-order valence-electron chi connectivity index (χ3n) is 3.45. The van der Waals surface area contributed by atoms with Crippen LogP contribution in [0.1, 0.15) is 15.9 Å². The number of hydrogen-bond donors (Lipinski definition) is 0. The summed E-state index contributed by atoms with van der Waals surface area (Å²) in [6.07, 6.45) is 3.58. The van der Waals surface area contributed by atoms with Gasteiger partial charge in [-0.3, -0.25) is 4.79 Å². The highest BCUT2D eigenvalue weighted by molar-refractivity contribution is 9.10. The molecular weight excluding hydrogens is 330 g/mol. The molecule has 0 saturated heterocycles. The molecule has 0 atom stereocenters. The Balaban J connectivity index is 1.95. The van der Waals surface area contributed by atoms with Gasteiger partial charge in [-0.1, -0.05) is 17.7 Å². The minimum absolute atomic E-state index is 0.0324. The summed E-state index contributed by atoms with van der Waals surface area (Å²) in [7, 11) is 1.78. The van der Waals surface area contributed by atoms with Crippen molar-refractivity contribution >= 4 is 33.0 Å². The number of hydrogen-bond acceptors (Lipinski definition) is 2. The summed E-state index contributed by atoms with van der Waals surface area (Å²) in [4.78, 5) is 14.2. The van der Waals surface area contributed by atoms with E-state index in [9.17, 15) is 4.79 Å². The number of pyridine rings is 1. The van der Waals surface area contributed by atoms with Crippen LogP contribution in [0.15, 0.2) is 53.3 Å². The highest BCUT2D eigenvalue weighted by Gasteiger charge is 2.14. The van der Waals surface area contributed by atoms with Gasteiger partial charge < -0.3 is 4.90 Å². The van der Waals surface area contributed by atoms with Crippen LogP contribution in [0.2, 0.25) is 0 Å². The summed E-state index contributed by atoms with van der Waals surface area (Å²) >= 11 is 3.45. The number of carbonyl (C=O) groups is 1. The molecule has 2 aromatic heterocycles. The second-order valence-electron chi connectivity index (χ2n) is 4.94. The molecular formula is C16H14BrN3O. The van der Waals surface area contributed by atoms with Crippen molar-refractivity contribution in [2.24, 2.45) is 0 Å². The highest BCUT2D eigenvalue weighted by Crippen LogP contribution is 2.23. The van der Waals surface area contributed by atoms with Gasteiger partial charge >= 0.3 is 0 Å². The summed E-state index contributed by atoms with van der Waals surface area (Å²) in [6, 6.07) is 11.4. The van der Waals surface area contributed by atoms with Gasteiger partial charge in [0.05, 0.1) is 16.2 Å². The van der Waals surface area contributed by atoms with Gasteiger partial charge in [-0.15, -0.1) is 0 Å². The fourth-order valence-corrected chi connectivity index (χ4v) is 2.54. The quantitative estimate of drug-likeness (QED) is 0.711.